The summed E-state index contributed by atoms with van der Waals surface area (Å²) in [5, 5.41) is 12.9. The van der Waals surface area contributed by atoms with Crippen molar-refractivity contribution in [3.8, 4) is 6.07 Å². The third kappa shape index (κ3) is 3.42. The molecule has 0 radical (unpaired) electrons. The number of piperidine rings is 1. The van der Waals surface area contributed by atoms with Crippen molar-refractivity contribution >= 4 is 11.4 Å². The van der Waals surface area contributed by atoms with E-state index in [1.54, 1.807) is 6.08 Å². The van der Waals surface area contributed by atoms with Gasteiger partial charge < -0.3 is 10.2 Å². The molecule has 1 aliphatic heterocycles. The van der Waals surface area contributed by atoms with Crippen molar-refractivity contribution < 1.29 is 0 Å². The summed E-state index contributed by atoms with van der Waals surface area (Å²) >= 11 is 0. The van der Waals surface area contributed by atoms with Crippen molar-refractivity contribution in [2.24, 2.45) is 5.41 Å². The van der Waals surface area contributed by atoms with E-state index in [0.29, 0.717) is 16.9 Å². The van der Waals surface area contributed by atoms with Gasteiger partial charge in [0.2, 0.25) is 0 Å². The largest absolute Gasteiger partial charge is 0.386 e. The predicted molar refractivity (Wildman–Crippen MR) is 103 cm³/mol. The fraction of sp³-hybridized carbons (Fsp3) is 0.524. The molecule has 2 fully saturated rings. The molecule has 2 aliphatic rings. The Morgan fingerprint density at radius 1 is 1.32 bits per heavy atom. The zero-order chi connectivity index (χ0) is 18.0. The maximum Gasteiger partial charge on any atom is 0.111 e. The maximum absolute atomic E-state index is 9.69. The van der Waals surface area contributed by atoms with E-state index in [1.807, 2.05) is 7.05 Å². The lowest BCUT2D eigenvalue weighted by atomic mass is 9.92. The van der Waals surface area contributed by atoms with Gasteiger partial charge in [-0.2, -0.15) is 5.26 Å². The van der Waals surface area contributed by atoms with E-state index < -0.39 is 0 Å². The highest BCUT2D eigenvalue weighted by molar-refractivity contribution is 5.78. The van der Waals surface area contributed by atoms with Gasteiger partial charge in [-0.1, -0.05) is 20.4 Å². The van der Waals surface area contributed by atoms with E-state index in [9.17, 15) is 5.26 Å². The number of pyridine rings is 1. The first-order valence-corrected chi connectivity index (χ1v) is 9.24. The molecule has 2 heterocycles. The highest BCUT2D eigenvalue weighted by atomic mass is 15.2. The lowest BCUT2D eigenvalue weighted by Crippen LogP contribution is -2.34. The van der Waals surface area contributed by atoms with Gasteiger partial charge in [-0.05, 0) is 55.2 Å². The van der Waals surface area contributed by atoms with Crippen molar-refractivity contribution in [2.75, 3.05) is 25.5 Å². The number of anilines is 1. The molecule has 3 rings (SSSR count). The van der Waals surface area contributed by atoms with Gasteiger partial charge >= 0.3 is 0 Å². The summed E-state index contributed by atoms with van der Waals surface area (Å²) in [6.45, 7) is 10.1. The number of nitriles is 1. The number of rotatable bonds is 5. The number of hydrogen-bond acceptors (Lipinski definition) is 4. The van der Waals surface area contributed by atoms with Gasteiger partial charge in [-0.3, -0.25) is 0 Å². The summed E-state index contributed by atoms with van der Waals surface area (Å²) < 4.78 is 0. The highest BCUT2D eigenvalue weighted by Gasteiger charge is 2.45. The van der Waals surface area contributed by atoms with Crippen LogP contribution in [-0.4, -0.2) is 30.0 Å². The average molecular weight is 336 g/mol. The van der Waals surface area contributed by atoms with Crippen LogP contribution in [0.3, 0.4) is 0 Å². The molecule has 0 amide bonds. The summed E-state index contributed by atoms with van der Waals surface area (Å²) in [6, 6.07) is 6.47. The summed E-state index contributed by atoms with van der Waals surface area (Å²) in [5.74, 6) is 0.344. The van der Waals surface area contributed by atoms with Crippen LogP contribution < -0.4 is 5.32 Å². The number of likely N-dealkylation sites (tertiary alicyclic amines) is 1. The van der Waals surface area contributed by atoms with E-state index in [1.165, 1.54) is 25.7 Å². The molecular formula is C21H28N4. The van der Waals surface area contributed by atoms with E-state index in [0.717, 1.165) is 35.9 Å². The monoisotopic (exact) mass is 336 g/mol. The molecule has 25 heavy (non-hydrogen) atoms. The van der Waals surface area contributed by atoms with Crippen LogP contribution >= 0.6 is 0 Å². The molecule has 1 spiro atoms. The van der Waals surface area contributed by atoms with Gasteiger partial charge in [0.1, 0.15) is 11.8 Å². The fourth-order valence-corrected chi connectivity index (χ4v) is 3.70. The SMILES string of the molecule is C=C/C(C#N)=C(\c1nc(C(C)C)ccc1NC)N1CCC2(CC1)CC2. The van der Waals surface area contributed by atoms with Gasteiger partial charge in [0.15, 0.2) is 0 Å². The van der Waals surface area contributed by atoms with E-state index >= 15 is 0 Å². The van der Waals surface area contributed by atoms with E-state index in [4.69, 9.17) is 4.98 Å². The molecular weight excluding hydrogens is 308 g/mol. The molecule has 0 atom stereocenters. The van der Waals surface area contributed by atoms with Crippen LogP contribution in [0, 0.1) is 16.7 Å². The quantitative estimate of drug-likeness (QED) is 0.633. The fourth-order valence-electron chi connectivity index (χ4n) is 3.70. The van der Waals surface area contributed by atoms with Crippen molar-refractivity contribution in [1.29, 1.82) is 5.26 Å². The van der Waals surface area contributed by atoms with Crippen LogP contribution in [-0.2, 0) is 0 Å². The molecule has 4 heteroatoms. The predicted octanol–water partition coefficient (Wildman–Crippen LogP) is 4.54. The number of nitrogens with zero attached hydrogens (tertiary/aromatic N) is 3. The highest BCUT2D eigenvalue weighted by Crippen LogP contribution is 2.54. The van der Waals surface area contributed by atoms with Crippen molar-refractivity contribution in [3.05, 3.63) is 41.7 Å². The van der Waals surface area contributed by atoms with Gasteiger partial charge in [-0.15, -0.1) is 0 Å². The minimum Gasteiger partial charge on any atom is -0.386 e. The summed E-state index contributed by atoms with van der Waals surface area (Å²) in [6.07, 6.45) is 6.83. The van der Waals surface area contributed by atoms with E-state index in [-0.39, 0.29) is 0 Å². The molecule has 4 nitrogen and oxygen atoms in total. The zero-order valence-electron chi connectivity index (χ0n) is 15.6. The minimum atomic E-state index is 0.344. The number of allylic oxidation sites excluding steroid dienone is 2. The van der Waals surface area contributed by atoms with Gasteiger partial charge in [0, 0.05) is 25.8 Å². The first kappa shape index (κ1) is 17.5. The summed E-state index contributed by atoms with van der Waals surface area (Å²) in [4.78, 5) is 7.27. The van der Waals surface area contributed by atoms with Crippen molar-refractivity contribution in [1.82, 2.24) is 9.88 Å². The van der Waals surface area contributed by atoms with Gasteiger partial charge in [0.05, 0.1) is 17.0 Å². The summed E-state index contributed by atoms with van der Waals surface area (Å²) in [5.41, 5.74) is 5.01. The van der Waals surface area contributed by atoms with Crippen molar-refractivity contribution in [3.63, 3.8) is 0 Å². The van der Waals surface area contributed by atoms with Gasteiger partial charge in [-0.25, -0.2) is 4.98 Å². The average Bonchev–Trinajstić information content (AvgIpc) is 3.39. The van der Waals surface area contributed by atoms with Crippen LogP contribution in [0.15, 0.2) is 30.4 Å². The molecule has 1 N–H and O–H groups in total. The Balaban J connectivity index is 2.06. The Bertz CT molecular complexity index is 725. The molecule has 1 aromatic heterocycles. The molecule has 1 saturated heterocycles. The van der Waals surface area contributed by atoms with Crippen LogP contribution in [0.2, 0.25) is 0 Å². The second kappa shape index (κ2) is 6.92. The second-order valence-electron chi connectivity index (χ2n) is 7.60. The standard InChI is InChI=1S/C21H28N4/c1-5-16(14-22)20(25-12-10-21(8-9-21)11-13-25)19-18(23-4)7-6-17(24-19)15(2)3/h5-7,15,23H,1,8-13H2,2-4H3/b20-16-. The zero-order valence-corrected chi connectivity index (χ0v) is 15.6. The minimum absolute atomic E-state index is 0.344. The molecule has 1 saturated carbocycles. The Morgan fingerprint density at radius 2 is 2.00 bits per heavy atom. The van der Waals surface area contributed by atoms with Gasteiger partial charge in [0.25, 0.3) is 0 Å². The topological polar surface area (TPSA) is 52.0 Å². The second-order valence-corrected chi connectivity index (χ2v) is 7.60. The lowest BCUT2D eigenvalue weighted by molar-refractivity contribution is 0.238. The third-order valence-electron chi connectivity index (χ3n) is 5.68. The van der Waals surface area contributed by atoms with Crippen LogP contribution in [0.4, 0.5) is 5.69 Å². The van der Waals surface area contributed by atoms with Crippen LogP contribution in [0.1, 0.15) is 56.8 Å². The van der Waals surface area contributed by atoms with E-state index in [2.05, 4.69) is 48.8 Å². The Hall–Kier alpha value is -2.28. The maximum atomic E-state index is 9.69. The summed E-state index contributed by atoms with van der Waals surface area (Å²) in [7, 11) is 1.91. The lowest BCUT2D eigenvalue weighted by Gasteiger charge is -2.36. The normalized spacial score (nSPS) is 19.4. The van der Waals surface area contributed by atoms with Crippen LogP contribution in [0.25, 0.3) is 5.70 Å². The molecule has 0 aromatic carbocycles. The smallest absolute Gasteiger partial charge is 0.111 e. The number of hydrogen-bond donors (Lipinski definition) is 1. The molecule has 1 aliphatic carbocycles. The first-order valence-electron chi connectivity index (χ1n) is 9.24. The Labute approximate surface area is 151 Å². The molecule has 0 bridgehead atoms. The first-order chi connectivity index (χ1) is 12.0. The molecule has 0 unspecified atom stereocenters. The molecule has 132 valence electrons. The Morgan fingerprint density at radius 3 is 2.48 bits per heavy atom. The number of aromatic nitrogens is 1. The van der Waals surface area contributed by atoms with Crippen LogP contribution in [0.5, 0.6) is 0 Å². The Kier molecular flexibility index (Phi) is 4.85. The third-order valence-corrected chi connectivity index (χ3v) is 5.68. The number of nitrogens with one attached hydrogen (secondary N) is 1. The molecule has 1 aromatic rings. The van der Waals surface area contributed by atoms with Crippen molar-refractivity contribution in [2.45, 2.75) is 45.4 Å².